The largest absolute Gasteiger partial charge is 0.352 e. The number of hydrogen-bond acceptors (Lipinski definition) is 5. The van der Waals surface area contributed by atoms with E-state index in [2.05, 4.69) is 20.8 Å². The number of halogens is 3. The van der Waals surface area contributed by atoms with Gasteiger partial charge in [-0.15, -0.1) is 10.2 Å². The maximum Gasteiger partial charge on any atom is 0.251 e. The third-order valence-corrected chi connectivity index (χ3v) is 6.70. The number of rotatable bonds is 8. The number of carbonyl (C=O) groups excluding carboxylic acids is 2. The van der Waals surface area contributed by atoms with Gasteiger partial charge in [0.2, 0.25) is 5.91 Å². The number of nitrogens with zero attached hydrogens (tertiary/aromatic N) is 3. The van der Waals surface area contributed by atoms with Crippen LogP contribution in [0.4, 0.5) is 5.69 Å². The SMILES string of the molecule is Cc1cc(NC(=O)CSc2nnc(CCNC(=O)c3ccc(Cl)c(Cl)c3)n2C)ccc1Cl. The molecule has 0 atom stereocenters. The minimum absolute atomic E-state index is 0.157. The Hall–Kier alpha value is -2.26. The lowest BCUT2D eigenvalue weighted by Gasteiger charge is -2.08. The van der Waals surface area contributed by atoms with E-state index < -0.39 is 0 Å². The predicted molar refractivity (Wildman–Crippen MR) is 129 cm³/mol. The Bertz CT molecular complexity index is 1150. The van der Waals surface area contributed by atoms with Gasteiger partial charge in [-0.25, -0.2) is 0 Å². The smallest absolute Gasteiger partial charge is 0.251 e. The van der Waals surface area contributed by atoms with Crippen molar-refractivity contribution in [2.24, 2.45) is 7.05 Å². The fourth-order valence-corrected chi connectivity index (χ4v) is 3.91. The zero-order valence-electron chi connectivity index (χ0n) is 17.3. The second-order valence-electron chi connectivity index (χ2n) is 6.89. The van der Waals surface area contributed by atoms with Crippen LogP contribution in [0.2, 0.25) is 15.1 Å². The highest BCUT2D eigenvalue weighted by atomic mass is 35.5. The zero-order valence-corrected chi connectivity index (χ0v) is 20.4. The molecule has 0 spiro atoms. The fourth-order valence-electron chi connectivity index (χ4n) is 2.77. The molecule has 32 heavy (non-hydrogen) atoms. The number of thioether (sulfide) groups is 1. The van der Waals surface area contributed by atoms with Crippen molar-refractivity contribution in [2.45, 2.75) is 18.5 Å². The first-order valence-corrected chi connectivity index (χ1v) is 11.7. The molecule has 2 aromatic carbocycles. The van der Waals surface area contributed by atoms with E-state index in [1.807, 2.05) is 20.0 Å². The van der Waals surface area contributed by atoms with Gasteiger partial charge in [0, 0.05) is 36.3 Å². The van der Waals surface area contributed by atoms with Gasteiger partial charge in [-0.2, -0.15) is 0 Å². The summed E-state index contributed by atoms with van der Waals surface area (Å²) in [6.45, 7) is 2.24. The van der Waals surface area contributed by atoms with Crippen LogP contribution in [0.3, 0.4) is 0 Å². The number of nitrogens with one attached hydrogen (secondary N) is 2. The van der Waals surface area contributed by atoms with Crippen molar-refractivity contribution >= 4 is 64.1 Å². The summed E-state index contributed by atoms with van der Waals surface area (Å²) in [7, 11) is 1.82. The molecule has 2 amide bonds. The Morgan fingerprint density at radius 1 is 1.03 bits per heavy atom. The van der Waals surface area contributed by atoms with E-state index in [1.165, 1.54) is 17.8 Å². The molecular formula is C21H20Cl3N5O2S. The lowest BCUT2D eigenvalue weighted by Crippen LogP contribution is -2.26. The Kier molecular flexibility index (Phi) is 8.42. The van der Waals surface area contributed by atoms with E-state index in [1.54, 1.807) is 28.8 Å². The molecule has 0 bridgehead atoms. The van der Waals surface area contributed by atoms with Crippen LogP contribution >= 0.6 is 46.6 Å². The van der Waals surface area contributed by atoms with Crippen LogP contribution in [0.1, 0.15) is 21.7 Å². The van der Waals surface area contributed by atoms with Crippen LogP contribution in [0, 0.1) is 6.92 Å². The standard InChI is InChI=1S/C21H20Cl3N5O2S/c1-12-9-14(4-6-15(12)22)26-19(30)11-32-21-28-27-18(29(21)2)7-8-25-20(31)13-3-5-16(23)17(24)10-13/h3-6,9-10H,7-8,11H2,1-2H3,(H,25,31)(H,26,30). The van der Waals surface area contributed by atoms with Crippen molar-refractivity contribution in [3.05, 3.63) is 68.4 Å². The lowest BCUT2D eigenvalue weighted by molar-refractivity contribution is -0.113. The third-order valence-electron chi connectivity index (χ3n) is 4.52. The number of hydrogen-bond donors (Lipinski definition) is 2. The van der Waals surface area contributed by atoms with E-state index in [4.69, 9.17) is 34.8 Å². The molecule has 3 aromatic rings. The molecule has 0 aliphatic carbocycles. The Morgan fingerprint density at radius 3 is 2.50 bits per heavy atom. The number of carbonyl (C=O) groups is 2. The molecule has 1 heterocycles. The van der Waals surface area contributed by atoms with Crippen molar-refractivity contribution < 1.29 is 9.59 Å². The van der Waals surface area contributed by atoms with Crippen LogP contribution in [0.5, 0.6) is 0 Å². The van der Waals surface area contributed by atoms with E-state index in [9.17, 15) is 9.59 Å². The van der Waals surface area contributed by atoms with Crippen molar-refractivity contribution in [2.75, 3.05) is 17.6 Å². The second kappa shape index (κ2) is 11.0. The molecule has 7 nitrogen and oxygen atoms in total. The molecule has 0 unspecified atom stereocenters. The Labute approximate surface area is 204 Å². The molecule has 0 saturated carbocycles. The van der Waals surface area contributed by atoms with Gasteiger partial charge in [0.15, 0.2) is 5.16 Å². The third kappa shape index (κ3) is 6.38. The van der Waals surface area contributed by atoms with Crippen LogP contribution in [-0.2, 0) is 18.3 Å². The molecule has 0 aliphatic rings. The molecule has 1 aromatic heterocycles. The van der Waals surface area contributed by atoms with Crippen LogP contribution in [0.25, 0.3) is 0 Å². The van der Waals surface area contributed by atoms with E-state index in [-0.39, 0.29) is 17.6 Å². The summed E-state index contributed by atoms with van der Waals surface area (Å²) < 4.78 is 1.80. The summed E-state index contributed by atoms with van der Waals surface area (Å²) in [6.07, 6.45) is 0.480. The van der Waals surface area contributed by atoms with E-state index in [0.717, 1.165) is 5.56 Å². The van der Waals surface area contributed by atoms with Gasteiger partial charge < -0.3 is 15.2 Å². The maximum absolute atomic E-state index is 12.2. The zero-order chi connectivity index (χ0) is 23.3. The summed E-state index contributed by atoms with van der Waals surface area (Å²) >= 11 is 19.1. The van der Waals surface area contributed by atoms with Crippen LogP contribution in [-0.4, -0.2) is 38.9 Å². The van der Waals surface area contributed by atoms with Gasteiger partial charge in [0.25, 0.3) is 5.91 Å². The Balaban J connectivity index is 1.48. The van der Waals surface area contributed by atoms with Crippen molar-refractivity contribution in [3.8, 4) is 0 Å². The van der Waals surface area contributed by atoms with Gasteiger partial charge in [-0.3, -0.25) is 9.59 Å². The van der Waals surface area contributed by atoms with Crippen molar-refractivity contribution in [1.29, 1.82) is 0 Å². The first-order chi connectivity index (χ1) is 15.2. The van der Waals surface area contributed by atoms with Crippen molar-refractivity contribution in [1.82, 2.24) is 20.1 Å². The quantitative estimate of drug-likeness (QED) is 0.424. The van der Waals surface area contributed by atoms with Crippen molar-refractivity contribution in [3.63, 3.8) is 0 Å². The first-order valence-electron chi connectivity index (χ1n) is 9.55. The summed E-state index contributed by atoms with van der Waals surface area (Å²) in [6, 6.07) is 10.0. The second-order valence-corrected chi connectivity index (χ2v) is 9.06. The first kappa shape index (κ1) is 24.4. The number of aryl methyl sites for hydroxylation is 1. The van der Waals surface area contributed by atoms with E-state index in [0.29, 0.717) is 50.3 Å². The van der Waals surface area contributed by atoms with Crippen LogP contribution < -0.4 is 10.6 Å². The molecule has 168 valence electrons. The lowest BCUT2D eigenvalue weighted by atomic mass is 10.2. The molecule has 0 fully saturated rings. The highest BCUT2D eigenvalue weighted by molar-refractivity contribution is 7.99. The normalized spacial score (nSPS) is 10.8. The summed E-state index contributed by atoms with van der Waals surface area (Å²) in [5.41, 5.74) is 2.01. The number of amides is 2. The molecule has 0 radical (unpaired) electrons. The minimum Gasteiger partial charge on any atom is -0.352 e. The predicted octanol–water partition coefficient (Wildman–Crippen LogP) is 4.79. The van der Waals surface area contributed by atoms with Gasteiger partial charge in [-0.1, -0.05) is 46.6 Å². The molecule has 0 aliphatic heterocycles. The van der Waals surface area contributed by atoms with Gasteiger partial charge in [0.1, 0.15) is 5.82 Å². The average molecular weight is 513 g/mol. The molecular weight excluding hydrogens is 493 g/mol. The number of aromatic nitrogens is 3. The topological polar surface area (TPSA) is 88.9 Å². The number of benzene rings is 2. The molecule has 3 rings (SSSR count). The van der Waals surface area contributed by atoms with Gasteiger partial charge in [-0.05, 0) is 48.9 Å². The number of anilines is 1. The van der Waals surface area contributed by atoms with Crippen LogP contribution in [0.15, 0.2) is 41.6 Å². The monoisotopic (exact) mass is 511 g/mol. The molecule has 2 N–H and O–H groups in total. The molecule has 0 saturated heterocycles. The van der Waals surface area contributed by atoms with Gasteiger partial charge >= 0.3 is 0 Å². The summed E-state index contributed by atoms with van der Waals surface area (Å²) in [5, 5.41) is 15.9. The average Bonchev–Trinajstić information content (AvgIpc) is 3.10. The summed E-state index contributed by atoms with van der Waals surface area (Å²) in [4.78, 5) is 24.5. The van der Waals surface area contributed by atoms with E-state index >= 15 is 0 Å². The molecule has 11 heteroatoms. The Morgan fingerprint density at radius 2 is 1.78 bits per heavy atom. The highest BCUT2D eigenvalue weighted by Crippen LogP contribution is 2.23. The maximum atomic E-state index is 12.2. The fraction of sp³-hybridized carbons (Fsp3) is 0.238. The minimum atomic E-state index is -0.255. The summed E-state index contributed by atoms with van der Waals surface area (Å²) in [5.74, 6) is 0.460. The highest BCUT2D eigenvalue weighted by Gasteiger charge is 2.13. The van der Waals surface area contributed by atoms with Gasteiger partial charge in [0.05, 0.1) is 15.8 Å².